The Bertz CT molecular complexity index is 882. The maximum Gasteiger partial charge on any atom is 0.254 e. The molecule has 1 heterocycles. The van der Waals surface area contributed by atoms with Gasteiger partial charge in [-0.15, -0.1) is 0 Å². The molecular weight excluding hydrogens is 366 g/mol. The summed E-state index contributed by atoms with van der Waals surface area (Å²) in [6.45, 7) is 8.82. The topological polar surface area (TPSA) is 61.9 Å². The number of anilines is 1. The van der Waals surface area contributed by atoms with Gasteiger partial charge in [0.05, 0.1) is 13.7 Å². The zero-order chi connectivity index (χ0) is 21.0. The van der Waals surface area contributed by atoms with Crippen molar-refractivity contribution in [1.82, 2.24) is 9.80 Å². The summed E-state index contributed by atoms with van der Waals surface area (Å²) in [4.78, 5) is 29.2. The molecule has 154 valence electrons. The van der Waals surface area contributed by atoms with Crippen molar-refractivity contribution < 1.29 is 14.3 Å². The summed E-state index contributed by atoms with van der Waals surface area (Å²) >= 11 is 0. The van der Waals surface area contributed by atoms with Crippen molar-refractivity contribution in [3.63, 3.8) is 0 Å². The van der Waals surface area contributed by atoms with E-state index in [0.717, 1.165) is 28.1 Å². The largest absolute Gasteiger partial charge is 0.496 e. The second kappa shape index (κ2) is 9.09. The van der Waals surface area contributed by atoms with Crippen LogP contribution in [0.3, 0.4) is 0 Å². The fraction of sp³-hybridized carbons (Fsp3) is 0.391. The van der Waals surface area contributed by atoms with Crippen LogP contribution in [0.5, 0.6) is 5.75 Å². The first-order chi connectivity index (χ1) is 13.9. The van der Waals surface area contributed by atoms with Crippen molar-refractivity contribution >= 4 is 17.5 Å². The van der Waals surface area contributed by atoms with Crippen LogP contribution in [-0.4, -0.2) is 61.4 Å². The van der Waals surface area contributed by atoms with Crippen molar-refractivity contribution in [3.8, 4) is 5.75 Å². The summed E-state index contributed by atoms with van der Waals surface area (Å²) < 4.78 is 5.33. The van der Waals surface area contributed by atoms with Gasteiger partial charge in [0.25, 0.3) is 5.91 Å². The van der Waals surface area contributed by atoms with Gasteiger partial charge in [0.2, 0.25) is 5.91 Å². The Morgan fingerprint density at radius 1 is 0.966 bits per heavy atom. The lowest BCUT2D eigenvalue weighted by Crippen LogP contribution is -2.50. The highest BCUT2D eigenvalue weighted by atomic mass is 16.5. The Kier molecular flexibility index (Phi) is 6.54. The van der Waals surface area contributed by atoms with E-state index in [2.05, 4.69) is 10.2 Å². The number of hydrogen-bond donors (Lipinski definition) is 1. The minimum absolute atomic E-state index is 0.00272. The number of carbonyl (C=O) groups excluding carboxylic acids is 2. The molecule has 0 saturated carbocycles. The molecule has 0 unspecified atom stereocenters. The molecule has 2 aromatic carbocycles. The van der Waals surface area contributed by atoms with E-state index in [1.54, 1.807) is 13.2 Å². The number of nitrogens with one attached hydrogen (secondary N) is 1. The summed E-state index contributed by atoms with van der Waals surface area (Å²) in [5.74, 6) is 0.700. The lowest BCUT2D eigenvalue weighted by molar-refractivity contribution is -0.117. The molecule has 0 aromatic heterocycles. The highest BCUT2D eigenvalue weighted by Crippen LogP contribution is 2.21. The summed E-state index contributed by atoms with van der Waals surface area (Å²) in [6.07, 6.45) is 0. The zero-order valence-electron chi connectivity index (χ0n) is 17.6. The third-order valence-corrected chi connectivity index (χ3v) is 5.43. The van der Waals surface area contributed by atoms with Crippen LogP contribution in [0.2, 0.25) is 0 Å². The Morgan fingerprint density at radius 2 is 1.62 bits per heavy atom. The minimum Gasteiger partial charge on any atom is -0.496 e. The quantitative estimate of drug-likeness (QED) is 0.845. The van der Waals surface area contributed by atoms with Crippen LogP contribution in [0.4, 0.5) is 5.69 Å². The number of piperazine rings is 1. The third-order valence-electron chi connectivity index (χ3n) is 5.43. The molecule has 1 N–H and O–H groups in total. The molecule has 1 aliphatic heterocycles. The normalized spacial score (nSPS) is 14.6. The van der Waals surface area contributed by atoms with Gasteiger partial charge in [0.15, 0.2) is 0 Å². The molecule has 0 aliphatic carbocycles. The Labute approximate surface area is 172 Å². The van der Waals surface area contributed by atoms with Gasteiger partial charge in [-0.1, -0.05) is 24.3 Å². The lowest BCUT2D eigenvalue weighted by Gasteiger charge is -2.34. The highest BCUT2D eigenvalue weighted by molar-refractivity contribution is 5.95. The fourth-order valence-electron chi connectivity index (χ4n) is 3.64. The maximum absolute atomic E-state index is 12.8. The molecule has 1 saturated heterocycles. The summed E-state index contributed by atoms with van der Waals surface area (Å²) in [6, 6.07) is 11.5. The number of benzene rings is 2. The van der Waals surface area contributed by atoms with Crippen LogP contribution in [0.25, 0.3) is 0 Å². The van der Waals surface area contributed by atoms with Gasteiger partial charge in [0, 0.05) is 37.4 Å². The SMILES string of the molecule is COc1cc(C(=O)N2CCN(CC(=O)Nc3c(C)cccc3C)CC2)ccc1C. The molecule has 1 aliphatic rings. The molecule has 2 aromatic rings. The monoisotopic (exact) mass is 395 g/mol. The molecular formula is C23H29N3O3. The van der Waals surface area contributed by atoms with E-state index >= 15 is 0 Å². The number of methoxy groups -OCH3 is 1. The van der Waals surface area contributed by atoms with E-state index in [1.165, 1.54) is 0 Å². The van der Waals surface area contributed by atoms with Crippen molar-refractivity contribution in [3.05, 3.63) is 58.7 Å². The van der Waals surface area contributed by atoms with Crippen LogP contribution < -0.4 is 10.1 Å². The summed E-state index contributed by atoms with van der Waals surface area (Å²) in [5, 5.41) is 3.03. The molecule has 6 heteroatoms. The predicted octanol–water partition coefficient (Wildman–Crippen LogP) is 3.02. The Balaban J connectivity index is 1.54. The number of nitrogens with zero attached hydrogens (tertiary/aromatic N) is 2. The maximum atomic E-state index is 12.8. The number of para-hydroxylation sites is 1. The van der Waals surface area contributed by atoms with Gasteiger partial charge in [-0.3, -0.25) is 14.5 Å². The van der Waals surface area contributed by atoms with Gasteiger partial charge in [-0.05, 0) is 49.6 Å². The average molecular weight is 396 g/mol. The molecule has 29 heavy (non-hydrogen) atoms. The van der Waals surface area contributed by atoms with E-state index in [4.69, 9.17) is 4.74 Å². The highest BCUT2D eigenvalue weighted by Gasteiger charge is 2.24. The first-order valence-electron chi connectivity index (χ1n) is 9.91. The van der Waals surface area contributed by atoms with E-state index in [9.17, 15) is 9.59 Å². The smallest absolute Gasteiger partial charge is 0.254 e. The standard InChI is InChI=1S/C23H29N3O3/c1-16-8-9-19(14-20(16)29-4)23(28)26-12-10-25(11-13-26)15-21(27)24-22-17(2)6-5-7-18(22)3/h5-9,14H,10-13,15H2,1-4H3,(H,24,27). The van der Waals surface area contributed by atoms with Gasteiger partial charge < -0.3 is 15.0 Å². The Morgan fingerprint density at radius 3 is 2.24 bits per heavy atom. The second-order valence-corrected chi connectivity index (χ2v) is 7.57. The van der Waals surface area contributed by atoms with Crippen LogP contribution >= 0.6 is 0 Å². The van der Waals surface area contributed by atoms with Crippen molar-refractivity contribution in [1.29, 1.82) is 0 Å². The Hall–Kier alpha value is -2.86. The second-order valence-electron chi connectivity index (χ2n) is 7.57. The number of hydrogen-bond acceptors (Lipinski definition) is 4. The lowest BCUT2D eigenvalue weighted by atomic mass is 10.1. The number of rotatable bonds is 5. The number of carbonyl (C=O) groups is 2. The molecule has 6 nitrogen and oxygen atoms in total. The zero-order valence-corrected chi connectivity index (χ0v) is 17.6. The minimum atomic E-state index is -0.0227. The van der Waals surface area contributed by atoms with Crippen molar-refractivity contribution in [2.45, 2.75) is 20.8 Å². The van der Waals surface area contributed by atoms with E-state index in [1.807, 2.05) is 56.0 Å². The van der Waals surface area contributed by atoms with Gasteiger partial charge in [-0.2, -0.15) is 0 Å². The van der Waals surface area contributed by atoms with Crippen LogP contribution in [0, 0.1) is 20.8 Å². The fourth-order valence-corrected chi connectivity index (χ4v) is 3.64. The van der Waals surface area contributed by atoms with Crippen LogP contribution in [0.1, 0.15) is 27.0 Å². The molecule has 0 radical (unpaired) electrons. The first-order valence-corrected chi connectivity index (χ1v) is 9.91. The number of ether oxygens (including phenoxy) is 1. The van der Waals surface area contributed by atoms with Gasteiger partial charge in [-0.25, -0.2) is 0 Å². The molecule has 3 rings (SSSR count). The van der Waals surface area contributed by atoms with E-state index < -0.39 is 0 Å². The third kappa shape index (κ3) is 4.95. The molecule has 0 atom stereocenters. The number of aryl methyl sites for hydroxylation is 3. The summed E-state index contributed by atoms with van der Waals surface area (Å²) in [5.41, 5.74) is 4.64. The van der Waals surface area contributed by atoms with Crippen molar-refractivity contribution in [2.75, 3.05) is 45.2 Å². The van der Waals surface area contributed by atoms with Gasteiger partial charge >= 0.3 is 0 Å². The molecule has 0 bridgehead atoms. The van der Waals surface area contributed by atoms with Crippen molar-refractivity contribution in [2.24, 2.45) is 0 Å². The first kappa shape index (κ1) is 20.9. The number of amides is 2. The molecule has 2 amide bonds. The van der Waals surface area contributed by atoms with E-state index in [0.29, 0.717) is 38.3 Å². The molecule has 0 spiro atoms. The van der Waals surface area contributed by atoms with Crippen LogP contribution in [-0.2, 0) is 4.79 Å². The molecule has 1 fully saturated rings. The summed E-state index contributed by atoms with van der Waals surface area (Å²) in [7, 11) is 1.61. The average Bonchev–Trinajstić information content (AvgIpc) is 2.71. The van der Waals surface area contributed by atoms with Crippen LogP contribution in [0.15, 0.2) is 36.4 Å². The predicted molar refractivity (Wildman–Crippen MR) is 115 cm³/mol. The van der Waals surface area contributed by atoms with E-state index in [-0.39, 0.29) is 11.8 Å². The van der Waals surface area contributed by atoms with Gasteiger partial charge in [0.1, 0.15) is 5.75 Å².